The summed E-state index contributed by atoms with van der Waals surface area (Å²) in [5, 5.41) is 2.36. The largest absolute Gasteiger partial charge is 0.492 e. The van der Waals surface area contributed by atoms with E-state index < -0.39 is 0 Å². The molecule has 0 unspecified atom stereocenters. The number of fused-ring (bicyclic) bond motifs is 2. The van der Waals surface area contributed by atoms with Crippen molar-refractivity contribution < 1.29 is 9.53 Å². The second-order valence-electron chi connectivity index (χ2n) is 7.54. The highest BCUT2D eigenvalue weighted by Crippen LogP contribution is 2.31. The maximum Gasteiger partial charge on any atom is 0.189 e. The molecule has 0 fully saturated rings. The molecule has 1 aromatic heterocycles. The van der Waals surface area contributed by atoms with Crippen LogP contribution in [0.5, 0.6) is 5.75 Å². The number of hydrogen-bond donors (Lipinski definition) is 0. The number of ketones is 1. The van der Waals surface area contributed by atoms with Gasteiger partial charge in [0.2, 0.25) is 0 Å². The molecule has 1 aliphatic carbocycles. The van der Waals surface area contributed by atoms with Crippen LogP contribution in [-0.2, 0) is 13.0 Å². The maximum atomic E-state index is 13.1. The fraction of sp³-hybridized carbons (Fsp3) is 0.154. The molecule has 1 aliphatic rings. The molecule has 0 atom stereocenters. The van der Waals surface area contributed by atoms with E-state index >= 15 is 0 Å². The van der Waals surface area contributed by atoms with E-state index in [0.717, 1.165) is 47.4 Å². The average molecular weight is 394 g/mol. The zero-order valence-electron chi connectivity index (χ0n) is 16.6. The standard InChI is InChI=1S/C26H22N2O2/c29-26-22(16-20-6-3-5-19-4-1-2-7-24(19)20)9-8-21-17-23(10-11-25(21)26)30-15-14-28-13-12-27-18-28/h1-7,10-13,16-18H,8-9,14-15H2. The Morgan fingerprint density at radius 2 is 1.93 bits per heavy atom. The third-order valence-electron chi connectivity index (χ3n) is 5.61. The molecule has 148 valence electrons. The summed E-state index contributed by atoms with van der Waals surface area (Å²) in [5.41, 5.74) is 3.82. The van der Waals surface area contributed by atoms with Crippen LogP contribution in [0.25, 0.3) is 16.8 Å². The van der Waals surface area contributed by atoms with Gasteiger partial charge in [0.1, 0.15) is 12.4 Å². The summed E-state index contributed by atoms with van der Waals surface area (Å²) in [5.74, 6) is 0.928. The molecule has 0 saturated heterocycles. The van der Waals surface area contributed by atoms with Crippen molar-refractivity contribution in [3.05, 3.63) is 102 Å². The van der Waals surface area contributed by atoms with Crippen LogP contribution >= 0.6 is 0 Å². The molecule has 1 heterocycles. The Morgan fingerprint density at radius 1 is 1.03 bits per heavy atom. The van der Waals surface area contributed by atoms with Gasteiger partial charge in [0, 0.05) is 23.5 Å². The molecule has 4 aromatic rings. The monoisotopic (exact) mass is 394 g/mol. The van der Waals surface area contributed by atoms with E-state index in [1.165, 1.54) is 10.8 Å². The van der Waals surface area contributed by atoms with Gasteiger partial charge in [-0.25, -0.2) is 4.98 Å². The molecule has 4 nitrogen and oxygen atoms in total. The van der Waals surface area contributed by atoms with Crippen molar-refractivity contribution in [2.75, 3.05) is 6.61 Å². The number of carbonyl (C=O) groups excluding carboxylic acids is 1. The van der Waals surface area contributed by atoms with Crippen LogP contribution in [0.2, 0.25) is 0 Å². The van der Waals surface area contributed by atoms with E-state index in [4.69, 9.17) is 4.74 Å². The van der Waals surface area contributed by atoms with Crippen molar-refractivity contribution in [2.45, 2.75) is 19.4 Å². The molecular weight excluding hydrogens is 372 g/mol. The van der Waals surface area contributed by atoms with Gasteiger partial charge in [-0.05, 0) is 59.0 Å². The van der Waals surface area contributed by atoms with Crippen LogP contribution in [-0.4, -0.2) is 21.9 Å². The molecule has 3 aromatic carbocycles. The predicted molar refractivity (Wildman–Crippen MR) is 119 cm³/mol. The number of carbonyl (C=O) groups is 1. The van der Waals surface area contributed by atoms with E-state index in [-0.39, 0.29) is 5.78 Å². The van der Waals surface area contributed by atoms with Crippen molar-refractivity contribution >= 4 is 22.6 Å². The molecule has 0 spiro atoms. The molecule has 0 saturated carbocycles. The van der Waals surface area contributed by atoms with Crippen molar-refractivity contribution in [3.8, 4) is 5.75 Å². The van der Waals surface area contributed by atoms with Crippen molar-refractivity contribution in [1.82, 2.24) is 9.55 Å². The number of rotatable bonds is 5. The highest BCUT2D eigenvalue weighted by Gasteiger charge is 2.22. The normalized spacial score (nSPS) is 14.8. The van der Waals surface area contributed by atoms with Gasteiger partial charge < -0.3 is 9.30 Å². The molecular formula is C26H22N2O2. The van der Waals surface area contributed by atoms with Gasteiger partial charge in [-0.15, -0.1) is 0 Å². The van der Waals surface area contributed by atoms with Crippen molar-refractivity contribution in [2.24, 2.45) is 0 Å². The molecule has 5 rings (SSSR count). The van der Waals surface area contributed by atoms with E-state index in [1.54, 1.807) is 12.5 Å². The minimum absolute atomic E-state index is 0.120. The first-order chi connectivity index (χ1) is 14.8. The molecule has 0 N–H and O–H groups in total. The number of allylic oxidation sites excluding steroid dienone is 1. The van der Waals surface area contributed by atoms with Crippen LogP contribution in [0.3, 0.4) is 0 Å². The van der Waals surface area contributed by atoms with E-state index in [1.807, 2.05) is 47.2 Å². The number of ether oxygens (including phenoxy) is 1. The predicted octanol–water partition coefficient (Wildman–Crippen LogP) is 5.33. The van der Waals surface area contributed by atoms with Crippen molar-refractivity contribution in [3.63, 3.8) is 0 Å². The lowest BCUT2D eigenvalue weighted by molar-refractivity contribution is 0.102. The first-order valence-corrected chi connectivity index (χ1v) is 10.2. The van der Waals surface area contributed by atoms with Gasteiger partial charge in [0.25, 0.3) is 0 Å². The first kappa shape index (κ1) is 18.4. The Bertz CT molecular complexity index is 1230. The molecule has 0 radical (unpaired) electrons. The summed E-state index contributed by atoms with van der Waals surface area (Å²) in [6, 6.07) is 20.3. The summed E-state index contributed by atoms with van der Waals surface area (Å²) in [4.78, 5) is 17.2. The Morgan fingerprint density at radius 3 is 2.83 bits per heavy atom. The Balaban J connectivity index is 1.35. The van der Waals surface area contributed by atoms with Gasteiger partial charge in [-0.3, -0.25) is 4.79 Å². The number of hydrogen-bond acceptors (Lipinski definition) is 3. The first-order valence-electron chi connectivity index (χ1n) is 10.2. The maximum absolute atomic E-state index is 13.1. The smallest absolute Gasteiger partial charge is 0.189 e. The number of nitrogens with zero attached hydrogens (tertiary/aromatic N) is 2. The average Bonchev–Trinajstić information content (AvgIpc) is 3.29. The number of Topliss-reactive ketones (excluding diaryl/α,β-unsaturated/α-hetero) is 1. The number of benzene rings is 3. The lowest BCUT2D eigenvalue weighted by atomic mass is 9.85. The molecule has 0 amide bonds. The van der Waals surface area contributed by atoms with Gasteiger partial charge >= 0.3 is 0 Å². The van der Waals surface area contributed by atoms with E-state index in [2.05, 4.69) is 35.3 Å². The van der Waals surface area contributed by atoms with Crippen LogP contribution in [0.4, 0.5) is 0 Å². The third-order valence-corrected chi connectivity index (χ3v) is 5.61. The Kier molecular flexibility index (Phi) is 4.89. The lowest BCUT2D eigenvalue weighted by Crippen LogP contribution is -2.14. The van der Waals surface area contributed by atoms with Crippen LogP contribution in [0.1, 0.15) is 27.9 Å². The molecule has 0 bridgehead atoms. The topological polar surface area (TPSA) is 44.1 Å². The van der Waals surface area contributed by atoms with Crippen LogP contribution < -0.4 is 4.74 Å². The SMILES string of the molecule is O=C1C(=Cc2cccc3ccccc23)CCc2cc(OCCn3ccnc3)ccc21. The fourth-order valence-electron chi connectivity index (χ4n) is 4.03. The van der Waals surface area contributed by atoms with Gasteiger partial charge in [0.05, 0.1) is 12.9 Å². The highest BCUT2D eigenvalue weighted by atomic mass is 16.5. The van der Waals surface area contributed by atoms with Crippen LogP contribution in [0.15, 0.2) is 85.0 Å². The quantitative estimate of drug-likeness (QED) is 0.430. The zero-order chi connectivity index (χ0) is 20.3. The zero-order valence-corrected chi connectivity index (χ0v) is 16.6. The van der Waals surface area contributed by atoms with E-state index in [0.29, 0.717) is 6.61 Å². The minimum Gasteiger partial charge on any atom is -0.492 e. The second-order valence-corrected chi connectivity index (χ2v) is 7.54. The van der Waals surface area contributed by atoms with Gasteiger partial charge in [-0.2, -0.15) is 0 Å². The molecule has 4 heteroatoms. The third kappa shape index (κ3) is 3.64. The van der Waals surface area contributed by atoms with Gasteiger partial charge in [0.15, 0.2) is 5.78 Å². The molecule has 0 aliphatic heterocycles. The number of aryl methyl sites for hydroxylation is 1. The summed E-state index contributed by atoms with van der Waals surface area (Å²) >= 11 is 0. The van der Waals surface area contributed by atoms with Crippen LogP contribution in [0, 0.1) is 0 Å². The summed E-state index contributed by atoms with van der Waals surface area (Å²) in [6.45, 7) is 1.31. The lowest BCUT2D eigenvalue weighted by Gasteiger charge is -2.19. The van der Waals surface area contributed by atoms with Crippen molar-refractivity contribution in [1.29, 1.82) is 0 Å². The summed E-state index contributed by atoms with van der Waals surface area (Å²) < 4.78 is 7.86. The van der Waals surface area contributed by atoms with E-state index in [9.17, 15) is 4.79 Å². The Hall–Kier alpha value is -3.66. The second kappa shape index (κ2) is 7.99. The Labute approximate surface area is 175 Å². The number of imidazole rings is 1. The summed E-state index contributed by atoms with van der Waals surface area (Å²) in [6.07, 6.45) is 9.10. The summed E-state index contributed by atoms with van der Waals surface area (Å²) in [7, 11) is 0. The minimum atomic E-state index is 0.120. The highest BCUT2D eigenvalue weighted by molar-refractivity contribution is 6.14. The fourth-order valence-corrected chi connectivity index (χ4v) is 4.03. The molecule has 30 heavy (non-hydrogen) atoms. The van der Waals surface area contributed by atoms with Gasteiger partial charge in [-0.1, -0.05) is 42.5 Å². The number of aromatic nitrogens is 2.